The van der Waals surface area contributed by atoms with Gasteiger partial charge in [0.1, 0.15) is 5.82 Å². The third kappa shape index (κ3) is 2.53. The van der Waals surface area contributed by atoms with E-state index >= 15 is 0 Å². The first-order chi connectivity index (χ1) is 11.7. The van der Waals surface area contributed by atoms with Gasteiger partial charge >= 0.3 is 0 Å². The monoisotopic (exact) mass is 325 g/mol. The highest BCUT2D eigenvalue weighted by Crippen LogP contribution is 2.46. The molecule has 0 radical (unpaired) electrons. The molecule has 4 heterocycles. The van der Waals surface area contributed by atoms with Crippen LogP contribution >= 0.6 is 0 Å². The molecule has 2 aromatic heterocycles. The molecule has 2 bridgehead atoms. The Morgan fingerprint density at radius 1 is 1.33 bits per heavy atom. The minimum Gasteiger partial charge on any atom is -0.343 e. The van der Waals surface area contributed by atoms with Gasteiger partial charge in [-0.25, -0.2) is 4.98 Å². The van der Waals surface area contributed by atoms with Crippen molar-refractivity contribution < 1.29 is 0 Å². The number of rotatable bonds is 6. The van der Waals surface area contributed by atoms with Gasteiger partial charge in [-0.2, -0.15) is 10.1 Å². The SMILES string of the molecule is CN(CC12CNC(C1)C2)c1nccc(Nc2cc(C3CC3)[nH]n2)n1. The summed E-state index contributed by atoms with van der Waals surface area (Å²) in [5.41, 5.74) is 1.64. The standard InChI is InChI=1S/C17H23N7/c1-24(10-17-7-12(8-17)19-9-17)16-18-5-4-14(21-16)20-15-6-13(22-23-15)11-2-3-11/h4-6,11-12,19H,2-3,7-10H2,1H3,(H2,18,20,21,22,23). The molecule has 0 atom stereocenters. The van der Waals surface area contributed by atoms with Crippen LogP contribution in [0.25, 0.3) is 0 Å². The van der Waals surface area contributed by atoms with Crippen molar-refractivity contribution in [2.24, 2.45) is 5.41 Å². The average molecular weight is 325 g/mol. The zero-order chi connectivity index (χ0) is 16.1. The van der Waals surface area contributed by atoms with Crippen LogP contribution in [0.1, 0.15) is 37.3 Å². The van der Waals surface area contributed by atoms with Gasteiger partial charge in [0.2, 0.25) is 5.95 Å². The van der Waals surface area contributed by atoms with Crippen molar-refractivity contribution in [3.63, 3.8) is 0 Å². The number of anilines is 3. The fourth-order valence-corrected chi connectivity index (χ4v) is 4.13. The highest BCUT2D eigenvalue weighted by molar-refractivity contribution is 5.53. The number of hydrogen-bond acceptors (Lipinski definition) is 6. The van der Waals surface area contributed by atoms with Crippen molar-refractivity contribution in [3.8, 4) is 0 Å². The number of H-pyrrole nitrogens is 1. The Bertz CT molecular complexity index is 739. The summed E-state index contributed by atoms with van der Waals surface area (Å²) in [4.78, 5) is 11.3. The second-order valence-electron chi connectivity index (χ2n) is 7.69. The van der Waals surface area contributed by atoms with Crippen LogP contribution in [0.5, 0.6) is 0 Å². The molecule has 0 amide bonds. The normalized spacial score (nSPS) is 27.8. The van der Waals surface area contributed by atoms with Gasteiger partial charge in [-0.1, -0.05) is 0 Å². The number of fused-ring (bicyclic) bond motifs is 1. The molecule has 2 aliphatic heterocycles. The van der Waals surface area contributed by atoms with Gasteiger partial charge in [0.25, 0.3) is 0 Å². The van der Waals surface area contributed by atoms with E-state index in [1.807, 2.05) is 12.3 Å². The summed E-state index contributed by atoms with van der Waals surface area (Å²) in [5, 5.41) is 14.3. The average Bonchev–Trinajstić information content (AvgIpc) is 2.98. The molecule has 3 N–H and O–H groups in total. The number of nitrogens with one attached hydrogen (secondary N) is 3. The molecule has 2 aliphatic carbocycles. The first-order valence-electron chi connectivity index (χ1n) is 8.79. The molecule has 0 aromatic carbocycles. The van der Waals surface area contributed by atoms with Crippen LogP contribution in [-0.4, -0.2) is 46.3 Å². The molecule has 4 fully saturated rings. The molecule has 0 unspecified atom stereocenters. The molecule has 7 nitrogen and oxygen atoms in total. The Kier molecular flexibility index (Phi) is 3.06. The topological polar surface area (TPSA) is 81.8 Å². The quantitative estimate of drug-likeness (QED) is 0.754. The number of aromatic nitrogens is 4. The van der Waals surface area contributed by atoms with Crippen molar-refractivity contribution in [2.75, 3.05) is 30.4 Å². The van der Waals surface area contributed by atoms with Crippen LogP contribution in [0.4, 0.5) is 17.6 Å². The molecule has 2 aromatic rings. The van der Waals surface area contributed by atoms with Gasteiger partial charge < -0.3 is 15.5 Å². The summed E-state index contributed by atoms with van der Waals surface area (Å²) in [6.45, 7) is 2.13. The predicted molar refractivity (Wildman–Crippen MR) is 92.6 cm³/mol. The summed E-state index contributed by atoms with van der Waals surface area (Å²) < 4.78 is 0. The lowest BCUT2D eigenvalue weighted by Gasteiger charge is -2.39. The summed E-state index contributed by atoms with van der Waals surface area (Å²) in [6.07, 6.45) is 6.91. The minimum absolute atomic E-state index is 0.424. The van der Waals surface area contributed by atoms with Crippen molar-refractivity contribution in [3.05, 3.63) is 24.0 Å². The molecular formula is C17H23N7. The van der Waals surface area contributed by atoms with E-state index < -0.39 is 0 Å². The summed E-state index contributed by atoms with van der Waals surface area (Å²) in [6, 6.07) is 4.71. The fourth-order valence-electron chi connectivity index (χ4n) is 4.13. The molecule has 2 saturated carbocycles. The van der Waals surface area contributed by atoms with Gasteiger partial charge in [-0.05, 0) is 31.7 Å². The third-order valence-electron chi connectivity index (χ3n) is 5.55. The lowest BCUT2D eigenvalue weighted by Crippen LogP contribution is -2.43. The number of aromatic amines is 1. The van der Waals surface area contributed by atoms with Gasteiger partial charge in [0.15, 0.2) is 5.82 Å². The first-order valence-corrected chi connectivity index (χ1v) is 8.79. The lowest BCUT2D eigenvalue weighted by molar-refractivity contribution is 0.205. The maximum atomic E-state index is 4.66. The zero-order valence-electron chi connectivity index (χ0n) is 13.9. The van der Waals surface area contributed by atoms with Gasteiger partial charge in [-0.15, -0.1) is 0 Å². The zero-order valence-corrected chi connectivity index (χ0v) is 13.9. The van der Waals surface area contributed by atoms with Crippen LogP contribution in [0, 0.1) is 5.41 Å². The van der Waals surface area contributed by atoms with Crippen LogP contribution in [0.3, 0.4) is 0 Å². The maximum Gasteiger partial charge on any atom is 0.227 e. The molecule has 6 rings (SSSR count). The fraction of sp³-hybridized carbons (Fsp3) is 0.588. The van der Waals surface area contributed by atoms with Gasteiger partial charge in [-0.3, -0.25) is 5.10 Å². The highest BCUT2D eigenvalue weighted by Gasteiger charge is 2.50. The van der Waals surface area contributed by atoms with E-state index in [9.17, 15) is 0 Å². The highest BCUT2D eigenvalue weighted by atomic mass is 15.3. The van der Waals surface area contributed by atoms with E-state index in [2.05, 4.69) is 48.8 Å². The second-order valence-corrected chi connectivity index (χ2v) is 7.69. The van der Waals surface area contributed by atoms with Gasteiger partial charge in [0, 0.05) is 55.5 Å². The molecule has 24 heavy (non-hydrogen) atoms. The van der Waals surface area contributed by atoms with Crippen LogP contribution in [0.15, 0.2) is 18.3 Å². The van der Waals surface area contributed by atoms with Crippen LogP contribution < -0.4 is 15.5 Å². The Morgan fingerprint density at radius 2 is 2.21 bits per heavy atom. The van der Waals surface area contributed by atoms with E-state index in [-0.39, 0.29) is 0 Å². The minimum atomic E-state index is 0.424. The summed E-state index contributed by atoms with van der Waals surface area (Å²) in [7, 11) is 2.08. The molecule has 7 heteroatoms. The van der Waals surface area contributed by atoms with Gasteiger partial charge in [0.05, 0.1) is 0 Å². The van der Waals surface area contributed by atoms with E-state index in [4.69, 9.17) is 0 Å². The van der Waals surface area contributed by atoms with Crippen molar-refractivity contribution in [2.45, 2.75) is 37.6 Å². The van der Waals surface area contributed by atoms with E-state index in [1.54, 1.807) is 0 Å². The smallest absolute Gasteiger partial charge is 0.227 e. The molecule has 126 valence electrons. The summed E-state index contributed by atoms with van der Waals surface area (Å²) >= 11 is 0. The largest absolute Gasteiger partial charge is 0.343 e. The van der Waals surface area contributed by atoms with E-state index in [1.165, 1.54) is 31.4 Å². The van der Waals surface area contributed by atoms with Crippen LogP contribution in [0.2, 0.25) is 0 Å². The Balaban J connectivity index is 1.28. The molecule has 0 spiro atoms. The van der Waals surface area contributed by atoms with Crippen molar-refractivity contribution in [1.29, 1.82) is 0 Å². The Morgan fingerprint density at radius 3 is 2.96 bits per heavy atom. The van der Waals surface area contributed by atoms with Crippen LogP contribution in [-0.2, 0) is 0 Å². The maximum absolute atomic E-state index is 4.66. The predicted octanol–water partition coefficient (Wildman–Crippen LogP) is 2.01. The molecule has 2 saturated heterocycles. The second kappa shape index (κ2) is 5.17. The first kappa shape index (κ1) is 14.2. The molecule has 4 aliphatic rings. The van der Waals surface area contributed by atoms with E-state index in [0.717, 1.165) is 36.7 Å². The molecular weight excluding hydrogens is 302 g/mol. The Hall–Kier alpha value is -2.15. The third-order valence-corrected chi connectivity index (χ3v) is 5.55. The van der Waals surface area contributed by atoms with Crippen molar-refractivity contribution >= 4 is 17.6 Å². The number of nitrogens with zero attached hydrogens (tertiary/aromatic N) is 4. The Labute approximate surface area is 141 Å². The van der Waals surface area contributed by atoms with E-state index in [0.29, 0.717) is 11.3 Å². The number of hydrogen-bond donors (Lipinski definition) is 3. The van der Waals surface area contributed by atoms with Crippen molar-refractivity contribution in [1.82, 2.24) is 25.5 Å². The lowest BCUT2D eigenvalue weighted by atomic mass is 9.70. The summed E-state index contributed by atoms with van der Waals surface area (Å²) in [5.74, 6) is 3.05.